The van der Waals surface area contributed by atoms with Gasteiger partial charge in [0, 0.05) is 63.7 Å². The highest BCUT2D eigenvalue weighted by Gasteiger charge is 2.13. The van der Waals surface area contributed by atoms with Crippen LogP contribution in [0, 0.1) is 12.8 Å². The van der Waals surface area contributed by atoms with E-state index in [4.69, 9.17) is 21.1 Å². The first-order valence-electron chi connectivity index (χ1n) is 10.2. The van der Waals surface area contributed by atoms with E-state index in [1.807, 2.05) is 19.1 Å². The Hall–Kier alpha value is -1.83. The van der Waals surface area contributed by atoms with Gasteiger partial charge in [0.2, 0.25) is 5.91 Å². The number of anilines is 1. The van der Waals surface area contributed by atoms with Crippen LogP contribution in [0.3, 0.4) is 0 Å². The number of hydrogen-bond donors (Lipinski definition) is 3. The van der Waals surface area contributed by atoms with Gasteiger partial charge in [0.1, 0.15) is 0 Å². The minimum Gasteiger partial charge on any atom is -0.381 e. The second-order valence-electron chi connectivity index (χ2n) is 7.12. The smallest absolute Gasteiger partial charge is 0.226 e. The molecular formula is C21H33ClN4O3. The lowest BCUT2D eigenvalue weighted by Crippen LogP contribution is -2.39. The van der Waals surface area contributed by atoms with Gasteiger partial charge in [-0.15, -0.1) is 0 Å². The Labute approximate surface area is 178 Å². The van der Waals surface area contributed by atoms with Gasteiger partial charge in [-0.3, -0.25) is 9.79 Å². The van der Waals surface area contributed by atoms with Crippen LogP contribution in [0.25, 0.3) is 0 Å². The highest BCUT2D eigenvalue weighted by molar-refractivity contribution is 6.31. The Kier molecular flexibility index (Phi) is 10.8. The molecule has 162 valence electrons. The maximum absolute atomic E-state index is 12.1. The predicted octanol–water partition coefficient (Wildman–Crippen LogP) is 2.98. The molecule has 1 aromatic rings. The number of benzene rings is 1. The van der Waals surface area contributed by atoms with E-state index >= 15 is 0 Å². The Balaban J connectivity index is 1.54. The van der Waals surface area contributed by atoms with Gasteiger partial charge < -0.3 is 25.4 Å². The number of guanidine groups is 1. The number of ether oxygens (including phenoxy) is 2. The first-order valence-corrected chi connectivity index (χ1v) is 10.6. The first kappa shape index (κ1) is 23.4. The van der Waals surface area contributed by atoms with Gasteiger partial charge in [-0.1, -0.05) is 17.7 Å². The zero-order valence-electron chi connectivity index (χ0n) is 17.4. The van der Waals surface area contributed by atoms with Crippen LogP contribution in [0.15, 0.2) is 23.2 Å². The van der Waals surface area contributed by atoms with Crippen LogP contribution in [0.5, 0.6) is 0 Å². The van der Waals surface area contributed by atoms with Gasteiger partial charge in [-0.25, -0.2) is 0 Å². The summed E-state index contributed by atoms with van der Waals surface area (Å²) in [5, 5.41) is 9.92. The molecule has 2 rings (SSSR count). The Morgan fingerprint density at radius 2 is 2.03 bits per heavy atom. The molecule has 7 nitrogen and oxygen atoms in total. The van der Waals surface area contributed by atoms with Crippen LogP contribution in [0.2, 0.25) is 5.02 Å². The maximum atomic E-state index is 12.1. The van der Waals surface area contributed by atoms with Gasteiger partial charge in [-0.05, 0) is 49.8 Å². The average molecular weight is 425 g/mol. The lowest BCUT2D eigenvalue weighted by atomic mass is 10.0. The fourth-order valence-electron chi connectivity index (χ4n) is 3.01. The molecule has 0 bridgehead atoms. The molecule has 29 heavy (non-hydrogen) atoms. The summed E-state index contributed by atoms with van der Waals surface area (Å²) >= 11 is 6.08. The topological polar surface area (TPSA) is 84.0 Å². The standard InChI is InChI=1S/C21H33ClN4O3/c1-16-18(22)5-3-6-19(16)26-20(27)7-11-25-21(23-2)24-10-4-12-29-15-17-8-13-28-14-9-17/h3,5-6,17H,4,7-15H2,1-2H3,(H,26,27)(H2,23,24,25). The van der Waals surface area contributed by atoms with E-state index in [0.717, 1.165) is 63.5 Å². The normalized spacial score (nSPS) is 15.2. The Bertz CT molecular complexity index is 663. The minimum absolute atomic E-state index is 0.0696. The number of carbonyl (C=O) groups excluding carboxylic acids is 1. The van der Waals surface area contributed by atoms with Gasteiger partial charge in [0.25, 0.3) is 0 Å². The van der Waals surface area contributed by atoms with Crippen LogP contribution in [0.4, 0.5) is 5.69 Å². The molecule has 1 amide bonds. The molecule has 1 fully saturated rings. The number of carbonyl (C=O) groups is 1. The van der Waals surface area contributed by atoms with E-state index in [-0.39, 0.29) is 5.91 Å². The minimum atomic E-state index is -0.0696. The van der Waals surface area contributed by atoms with Gasteiger partial charge >= 0.3 is 0 Å². The van der Waals surface area contributed by atoms with Crippen molar-refractivity contribution in [2.75, 3.05) is 51.9 Å². The van der Waals surface area contributed by atoms with Crippen molar-refractivity contribution < 1.29 is 14.3 Å². The summed E-state index contributed by atoms with van der Waals surface area (Å²) in [6.45, 7) is 6.39. The molecule has 3 N–H and O–H groups in total. The molecule has 1 aliphatic rings. The molecule has 1 heterocycles. The molecule has 8 heteroatoms. The molecule has 1 saturated heterocycles. The number of amides is 1. The van der Waals surface area contributed by atoms with Crippen LogP contribution in [-0.2, 0) is 14.3 Å². The summed E-state index contributed by atoms with van der Waals surface area (Å²) in [7, 11) is 1.71. The van der Waals surface area contributed by atoms with Crippen LogP contribution < -0.4 is 16.0 Å². The molecule has 0 saturated carbocycles. The number of aliphatic imine (C=N–C) groups is 1. The molecule has 0 atom stereocenters. The zero-order valence-corrected chi connectivity index (χ0v) is 18.2. The highest BCUT2D eigenvalue weighted by atomic mass is 35.5. The SMILES string of the molecule is CN=C(NCCCOCC1CCOCC1)NCCC(=O)Nc1cccc(Cl)c1C. The lowest BCUT2D eigenvalue weighted by molar-refractivity contribution is -0.116. The van der Waals surface area contributed by atoms with Crippen molar-refractivity contribution in [1.29, 1.82) is 0 Å². The number of halogens is 1. The zero-order chi connectivity index (χ0) is 20.9. The molecule has 0 radical (unpaired) electrons. The summed E-state index contributed by atoms with van der Waals surface area (Å²) in [5.41, 5.74) is 1.61. The molecule has 1 aromatic carbocycles. The molecule has 0 spiro atoms. The summed E-state index contributed by atoms with van der Waals surface area (Å²) in [6.07, 6.45) is 3.43. The van der Waals surface area contributed by atoms with Crippen molar-refractivity contribution in [2.45, 2.75) is 32.6 Å². The molecule has 1 aliphatic heterocycles. The van der Waals surface area contributed by atoms with Gasteiger partial charge in [0.05, 0.1) is 0 Å². The second-order valence-corrected chi connectivity index (χ2v) is 7.53. The van der Waals surface area contributed by atoms with Gasteiger partial charge in [0.15, 0.2) is 5.96 Å². The molecule has 0 aliphatic carbocycles. The first-order chi connectivity index (χ1) is 14.1. The van der Waals surface area contributed by atoms with Crippen molar-refractivity contribution in [2.24, 2.45) is 10.9 Å². The van der Waals surface area contributed by atoms with E-state index < -0.39 is 0 Å². The second kappa shape index (κ2) is 13.4. The predicted molar refractivity (Wildman–Crippen MR) is 118 cm³/mol. The van der Waals surface area contributed by atoms with Gasteiger partial charge in [-0.2, -0.15) is 0 Å². The number of nitrogens with one attached hydrogen (secondary N) is 3. The average Bonchev–Trinajstić information content (AvgIpc) is 2.73. The summed E-state index contributed by atoms with van der Waals surface area (Å²) in [4.78, 5) is 16.3. The largest absolute Gasteiger partial charge is 0.381 e. The maximum Gasteiger partial charge on any atom is 0.226 e. The van der Waals surface area contributed by atoms with E-state index in [1.54, 1.807) is 13.1 Å². The van der Waals surface area contributed by atoms with E-state index in [0.29, 0.717) is 29.9 Å². The van der Waals surface area contributed by atoms with Crippen LogP contribution in [0.1, 0.15) is 31.2 Å². The third-order valence-corrected chi connectivity index (χ3v) is 5.27. The summed E-state index contributed by atoms with van der Waals surface area (Å²) < 4.78 is 11.1. The van der Waals surface area contributed by atoms with Crippen LogP contribution in [-0.4, -0.2) is 58.4 Å². The fourth-order valence-corrected chi connectivity index (χ4v) is 3.19. The third-order valence-electron chi connectivity index (χ3n) is 4.86. The van der Waals surface area contributed by atoms with Crippen molar-refractivity contribution in [3.8, 4) is 0 Å². The van der Waals surface area contributed by atoms with E-state index in [9.17, 15) is 4.79 Å². The summed E-state index contributed by atoms with van der Waals surface area (Å²) in [5.74, 6) is 1.24. The third kappa shape index (κ3) is 9.02. The monoisotopic (exact) mass is 424 g/mol. The Morgan fingerprint density at radius 3 is 2.79 bits per heavy atom. The highest BCUT2D eigenvalue weighted by Crippen LogP contribution is 2.22. The molecule has 0 unspecified atom stereocenters. The van der Waals surface area contributed by atoms with E-state index in [1.165, 1.54) is 0 Å². The number of nitrogens with zero attached hydrogens (tertiary/aromatic N) is 1. The number of hydrogen-bond acceptors (Lipinski definition) is 4. The summed E-state index contributed by atoms with van der Waals surface area (Å²) in [6, 6.07) is 5.47. The Morgan fingerprint density at radius 1 is 1.28 bits per heavy atom. The van der Waals surface area contributed by atoms with Crippen LogP contribution >= 0.6 is 11.6 Å². The van der Waals surface area contributed by atoms with Crippen molar-refractivity contribution >= 4 is 29.2 Å². The van der Waals surface area contributed by atoms with Crippen molar-refractivity contribution in [1.82, 2.24) is 10.6 Å². The quantitative estimate of drug-likeness (QED) is 0.305. The molecular weight excluding hydrogens is 392 g/mol. The fraction of sp³-hybridized carbons (Fsp3) is 0.619. The van der Waals surface area contributed by atoms with Crippen molar-refractivity contribution in [3.05, 3.63) is 28.8 Å². The van der Waals surface area contributed by atoms with E-state index in [2.05, 4.69) is 20.9 Å². The lowest BCUT2D eigenvalue weighted by Gasteiger charge is -2.21. The number of rotatable bonds is 10. The van der Waals surface area contributed by atoms with Crippen molar-refractivity contribution in [3.63, 3.8) is 0 Å². The molecule has 0 aromatic heterocycles.